The van der Waals surface area contributed by atoms with Gasteiger partial charge in [-0.1, -0.05) is 10.8 Å². The zero-order chi connectivity index (χ0) is 35.0. The summed E-state index contributed by atoms with van der Waals surface area (Å²) in [7, 11) is 4.26. The van der Waals surface area contributed by atoms with Gasteiger partial charge in [-0.3, -0.25) is 10.2 Å². The second kappa shape index (κ2) is 40.6. The minimum atomic E-state index is -0.0716. The number of amides is 1. The van der Waals surface area contributed by atoms with Crippen LogP contribution in [0.2, 0.25) is 0 Å². The van der Waals surface area contributed by atoms with Crippen LogP contribution in [0, 0.1) is 5.41 Å². The van der Waals surface area contributed by atoms with Gasteiger partial charge in [-0.2, -0.15) is 0 Å². The molecule has 1 unspecified atom stereocenters. The molecule has 0 fully saturated rings. The SMILES string of the molecule is COCCOCCOCCOCCOCCOCCOCCOCCOCCOCCOCCOCCC(=O)NC(C)CSSC(=N)N. The van der Waals surface area contributed by atoms with Gasteiger partial charge in [0.1, 0.15) is 0 Å². The molecule has 0 heterocycles. The zero-order valence-corrected chi connectivity index (χ0v) is 30.6. The summed E-state index contributed by atoms with van der Waals surface area (Å²) in [6.07, 6.45) is 0.286. The van der Waals surface area contributed by atoms with E-state index >= 15 is 0 Å². The number of methoxy groups -OCH3 is 1. The molecule has 286 valence electrons. The van der Waals surface area contributed by atoms with Crippen LogP contribution in [0.5, 0.6) is 0 Å². The Hall–Kier alpha value is -0.840. The standard InChI is InChI=1S/C30H61N3O13S2/c1-28(27-47-48-30(31)32)33-29(34)3-4-36-7-8-38-11-12-40-15-16-42-19-20-44-23-24-46-26-25-45-22-21-43-18-17-41-14-13-39-10-9-37-6-5-35-2/h28H,3-27H2,1-2H3,(H3,31,32)(H,33,34). The number of hydrogen-bond acceptors (Lipinski definition) is 16. The smallest absolute Gasteiger partial charge is 0.222 e. The monoisotopic (exact) mass is 735 g/mol. The lowest BCUT2D eigenvalue weighted by molar-refractivity contribution is -0.122. The fourth-order valence-electron chi connectivity index (χ4n) is 3.20. The van der Waals surface area contributed by atoms with E-state index in [0.717, 1.165) is 0 Å². The number of hydrogen-bond donors (Lipinski definition) is 3. The van der Waals surface area contributed by atoms with Crippen molar-refractivity contribution in [3.63, 3.8) is 0 Å². The maximum atomic E-state index is 11.9. The first-order chi connectivity index (χ1) is 23.6. The molecule has 0 aromatic rings. The number of carbonyl (C=O) groups is 1. The molecule has 0 spiro atoms. The summed E-state index contributed by atoms with van der Waals surface area (Å²) in [5.41, 5.74) is 5.28. The van der Waals surface area contributed by atoms with E-state index < -0.39 is 0 Å². The van der Waals surface area contributed by atoms with Crippen molar-refractivity contribution >= 4 is 32.7 Å². The van der Waals surface area contributed by atoms with Gasteiger partial charge in [0.05, 0.1) is 152 Å². The lowest BCUT2D eigenvalue weighted by Gasteiger charge is -2.13. The van der Waals surface area contributed by atoms with Gasteiger partial charge in [0.25, 0.3) is 0 Å². The van der Waals surface area contributed by atoms with Crippen molar-refractivity contribution in [1.82, 2.24) is 5.32 Å². The van der Waals surface area contributed by atoms with Crippen LogP contribution in [0.1, 0.15) is 13.3 Å². The van der Waals surface area contributed by atoms with Gasteiger partial charge < -0.3 is 67.9 Å². The van der Waals surface area contributed by atoms with Crippen LogP contribution in [0.25, 0.3) is 0 Å². The van der Waals surface area contributed by atoms with Crippen LogP contribution in [-0.2, 0) is 61.6 Å². The van der Waals surface area contributed by atoms with Crippen molar-refractivity contribution in [1.29, 1.82) is 5.41 Å². The van der Waals surface area contributed by atoms with Gasteiger partial charge in [-0.25, -0.2) is 0 Å². The Morgan fingerprint density at radius 3 is 1.08 bits per heavy atom. The van der Waals surface area contributed by atoms with Crippen LogP contribution in [0.15, 0.2) is 0 Å². The molecule has 0 radical (unpaired) electrons. The number of ether oxygens (including phenoxy) is 12. The maximum Gasteiger partial charge on any atom is 0.222 e. The van der Waals surface area contributed by atoms with Gasteiger partial charge in [0.15, 0.2) is 5.17 Å². The van der Waals surface area contributed by atoms with E-state index in [9.17, 15) is 4.79 Å². The van der Waals surface area contributed by atoms with E-state index in [-0.39, 0.29) is 23.5 Å². The van der Waals surface area contributed by atoms with E-state index in [0.29, 0.717) is 158 Å². The molecule has 0 rings (SSSR count). The molecular formula is C30H61N3O13S2. The average Bonchev–Trinajstić information content (AvgIpc) is 3.06. The number of nitrogens with two attached hydrogens (primary N) is 1. The molecule has 16 nitrogen and oxygen atoms in total. The summed E-state index contributed by atoms with van der Waals surface area (Å²) >= 11 is 0. The van der Waals surface area contributed by atoms with Gasteiger partial charge in [-0.15, -0.1) is 0 Å². The average molecular weight is 736 g/mol. The summed E-state index contributed by atoms with van der Waals surface area (Å²) < 4.78 is 64.7. The highest BCUT2D eigenvalue weighted by Crippen LogP contribution is 2.20. The van der Waals surface area contributed by atoms with E-state index in [4.69, 9.17) is 68.0 Å². The van der Waals surface area contributed by atoms with E-state index in [1.165, 1.54) is 21.6 Å². The molecule has 0 aromatic carbocycles. The number of rotatable bonds is 40. The molecule has 0 saturated heterocycles. The summed E-state index contributed by atoms with van der Waals surface area (Å²) in [5, 5.41) is 10.1. The minimum Gasteiger partial charge on any atom is -0.382 e. The molecule has 0 aliphatic rings. The first kappa shape index (κ1) is 47.2. The summed E-state index contributed by atoms with van der Waals surface area (Å²) in [6, 6.07) is -0.00430. The molecule has 1 amide bonds. The van der Waals surface area contributed by atoms with Gasteiger partial charge in [0.2, 0.25) is 5.91 Å². The molecule has 0 aliphatic carbocycles. The summed E-state index contributed by atoms with van der Waals surface area (Å²) in [4.78, 5) is 11.9. The molecule has 0 saturated carbocycles. The Morgan fingerprint density at radius 2 is 0.812 bits per heavy atom. The Morgan fingerprint density at radius 1 is 0.542 bits per heavy atom. The summed E-state index contributed by atoms with van der Waals surface area (Å²) in [5.74, 6) is 0.600. The number of carbonyl (C=O) groups excluding carboxylic acids is 1. The first-order valence-electron chi connectivity index (χ1n) is 16.3. The molecule has 1 atom stereocenters. The second-order valence-electron chi connectivity index (χ2n) is 9.68. The maximum absolute atomic E-state index is 11.9. The van der Waals surface area contributed by atoms with Crippen LogP contribution >= 0.6 is 21.6 Å². The Labute approximate surface area is 294 Å². The third-order valence-corrected chi connectivity index (χ3v) is 7.73. The van der Waals surface area contributed by atoms with Crippen molar-refractivity contribution in [2.45, 2.75) is 19.4 Å². The molecule has 0 aromatic heterocycles. The lowest BCUT2D eigenvalue weighted by atomic mass is 10.3. The third kappa shape index (κ3) is 41.3. The minimum absolute atomic E-state index is 0.00430. The normalized spacial score (nSPS) is 12.0. The fourth-order valence-corrected chi connectivity index (χ4v) is 4.88. The van der Waals surface area contributed by atoms with Crippen LogP contribution < -0.4 is 11.1 Å². The predicted molar refractivity (Wildman–Crippen MR) is 185 cm³/mol. The van der Waals surface area contributed by atoms with Crippen molar-refractivity contribution in [2.75, 3.05) is 165 Å². The number of nitrogens with one attached hydrogen (secondary N) is 2. The number of amidine groups is 1. The highest BCUT2D eigenvalue weighted by atomic mass is 33.1. The van der Waals surface area contributed by atoms with Gasteiger partial charge in [-0.05, 0) is 17.7 Å². The first-order valence-corrected chi connectivity index (χ1v) is 18.6. The molecule has 0 bridgehead atoms. The fraction of sp³-hybridized carbons (Fsp3) is 0.933. The van der Waals surface area contributed by atoms with Gasteiger partial charge in [0, 0.05) is 25.3 Å². The van der Waals surface area contributed by atoms with Crippen molar-refractivity contribution in [2.24, 2.45) is 5.73 Å². The molecule has 18 heteroatoms. The Balaban J connectivity index is 3.14. The van der Waals surface area contributed by atoms with Crippen molar-refractivity contribution in [3.8, 4) is 0 Å². The van der Waals surface area contributed by atoms with Crippen molar-refractivity contribution in [3.05, 3.63) is 0 Å². The Kier molecular flexibility index (Phi) is 39.9. The topological polar surface area (TPSA) is 190 Å². The second-order valence-corrected chi connectivity index (χ2v) is 12.1. The highest BCUT2D eigenvalue weighted by molar-refractivity contribution is 8.82. The van der Waals surface area contributed by atoms with Gasteiger partial charge >= 0.3 is 0 Å². The van der Waals surface area contributed by atoms with Crippen LogP contribution in [0.4, 0.5) is 0 Å². The molecule has 4 N–H and O–H groups in total. The van der Waals surface area contributed by atoms with Crippen LogP contribution in [-0.4, -0.2) is 182 Å². The van der Waals surface area contributed by atoms with Crippen molar-refractivity contribution < 1.29 is 61.6 Å². The summed E-state index contributed by atoms with van der Waals surface area (Å²) in [6.45, 7) is 13.3. The molecule has 48 heavy (non-hydrogen) atoms. The Bertz CT molecular complexity index is 694. The quantitative estimate of drug-likeness (QED) is 0.0349. The molecule has 0 aliphatic heterocycles. The van der Waals surface area contributed by atoms with E-state index in [2.05, 4.69) is 5.32 Å². The highest BCUT2D eigenvalue weighted by Gasteiger charge is 2.08. The van der Waals surface area contributed by atoms with E-state index in [1.807, 2.05) is 6.92 Å². The van der Waals surface area contributed by atoms with E-state index in [1.54, 1.807) is 7.11 Å². The lowest BCUT2D eigenvalue weighted by Crippen LogP contribution is -2.34. The van der Waals surface area contributed by atoms with Crippen LogP contribution in [0.3, 0.4) is 0 Å². The molecular weight excluding hydrogens is 674 g/mol. The zero-order valence-electron chi connectivity index (χ0n) is 29.0. The largest absolute Gasteiger partial charge is 0.382 e. The third-order valence-electron chi connectivity index (χ3n) is 5.50. The predicted octanol–water partition coefficient (Wildman–Crippen LogP) is 0.985.